The molecular weight excluding hydrogens is 284 g/mol. The third-order valence-corrected chi connectivity index (χ3v) is 4.05. The van der Waals surface area contributed by atoms with E-state index in [4.69, 9.17) is 0 Å². The number of carbonyl (C=O) groups excluding carboxylic acids is 1. The Labute approximate surface area is 134 Å². The van der Waals surface area contributed by atoms with Gasteiger partial charge in [-0.1, -0.05) is 39.8 Å². The molecule has 1 amide bonds. The summed E-state index contributed by atoms with van der Waals surface area (Å²) in [6.45, 7) is 10.5. The van der Waals surface area contributed by atoms with Crippen LogP contribution in [0, 0.1) is 5.92 Å². The third-order valence-electron chi connectivity index (χ3n) is 4.05. The smallest absolute Gasteiger partial charge is 0.228 e. The minimum atomic E-state index is 0. The lowest BCUT2D eigenvalue weighted by Crippen LogP contribution is -2.25. The molecule has 118 valence electrons. The van der Waals surface area contributed by atoms with Crippen LogP contribution in [0.1, 0.15) is 57.1 Å². The number of hydrogen-bond donors (Lipinski definition) is 2. The van der Waals surface area contributed by atoms with Gasteiger partial charge in [-0.2, -0.15) is 0 Å². The lowest BCUT2D eigenvalue weighted by Gasteiger charge is -2.18. The average Bonchev–Trinajstić information content (AvgIpc) is 2.92. The number of rotatable bonds is 4. The normalized spacial score (nSPS) is 17.9. The van der Waals surface area contributed by atoms with E-state index in [1.807, 2.05) is 0 Å². The highest BCUT2D eigenvalue weighted by molar-refractivity contribution is 5.93. The molecule has 0 spiro atoms. The van der Waals surface area contributed by atoms with Crippen LogP contribution in [0.15, 0.2) is 18.2 Å². The van der Waals surface area contributed by atoms with E-state index in [2.05, 4.69) is 56.5 Å². The molecule has 1 heterocycles. The maximum Gasteiger partial charge on any atom is 0.228 e. The summed E-state index contributed by atoms with van der Waals surface area (Å²) in [6.07, 6.45) is 0.937. The molecule has 0 bridgehead atoms. The summed E-state index contributed by atoms with van der Waals surface area (Å²) in [5.74, 6) is 1.18. The molecule has 0 aromatic heterocycles. The first-order valence-corrected chi connectivity index (χ1v) is 7.64. The second-order valence-electron chi connectivity index (χ2n) is 6.34. The summed E-state index contributed by atoms with van der Waals surface area (Å²) < 4.78 is 0. The van der Waals surface area contributed by atoms with E-state index in [0.717, 1.165) is 25.2 Å². The summed E-state index contributed by atoms with van der Waals surface area (Å²) in [7, 11) is 0. The van der Waals surface area contributed by atoms with Crippen molar-refractivity contribution in [3.63, 3.8) is 0 Å². The predicted molar refractivity (Wildman–Crippen MR) is 91.5 cm³/mol. The van der Waals surface area contributed by atoms with Gasteiger partial charge in [0.05, 0.1) is 5.92 Å². The third kappa shape index (κ3) is 4.45. The van der Waals surface area contributed by atoms with Gasteiger partial charge < -0.3 is 10.6 Å². The van der Waals surface area contributed by atoms with Crippen LogP contribution < -0.4 is 10.6 Å². The van der Waals surface area contributed by atoms with Gasteiger partial charge in [0, 0.05) is 12.2 Å². The monoisotopic (exact) mass is 310 g/mol. The van der Waals surface area contributed by atoms with Crippen LogP contribution in [-0.4, -0.2) is 19.0 Å². The number of nitrogens with one attached hydrogen (secondary N) is 2. The van der Waals surface area contributed by atoms with Gasteiger partial charge in [-0.3, -0.25) is 4.79 Å². The molecule has 3 nitrogen and oxygen atoms in total. The van der Waals surface area contributed by atoms with Gasteiger partial charge in [-0.05, 0) is 42.0 Å². The fourth-order valence-corrected chi connectivity index (χ4v) is 2.65. The topological polar surface area (TPSA) is 41.1 Å². The zero-order valence-electron chi connectivity index (χ0n) is 13.4. The molecule has 1 unspecified atom stereocenters. The van der Waals surface area contributed by atoms with Crippen molar-refractivity contribution >= 4 is 24.0 Å². The van der Waals surface area contributed by atoms with Gasteiger partial charge in [0.15, 0.2) is 0 Å². The fourth-order valence-electron chi connectivity index (χ4n) is 2.65. The molecule has 0 aliphatic carbocycles. The Bertz CT molecular complexity index is 480. The SMILES string of the molecule is CC(C)c1ccc(NC(=O)C2CCNC2)c(C(C)C)c1.Cl. The van der Waals surface area contributed by atoms with Crippen LogP contribution >= 0.6 is 12.4 Å². The minimum Gasteiger partial charge on any atom is -0.326 e. The van der Waals surface area contributed by atoms with Gasteiger partial charge >= 0.3 is 0 Å². The van der Waals surface area contributed by atoms with Gasteiger partial charge in [-0.15, -0.1) is 12.4 Å². The Balaban J connectivity index is 0.00000220. The molecular formula is C17H27ClN2O. The van der Waals surface area contributed by atoms with Crippen molar-refractivity contribution in [2.24, 2.45) is 5.92 Å². The molecule has 1 aliphatic rings. The minimum absolute atomic E-state index is 0. The summed E-state index contributed by atoms with van der Waals surface area (Å²) >= 11 is 0. The van der Waals surface area contributed by atoms with Crippen LogP contribution in [0.3, 0.4) is 0 Å². The highest BCUT2D eigenvalue weighted by Crippen LogP contribution is 2.29. The van der Waals surface area contributed by atoms with Crippen molar-refractivity contribution < 1.29 is 4.79 Å². The number of anilines is 1. The highest BCUT2D eigenvalue weighted by Gasteiger charge is 2.23. The van der Waals surface area contributed by atoms with Gasteiger partial charge in [0.1, 0.15) is 0 Å². The summed E-state index contributed by atoms with van der Waals surface area (Å²) in [4.78, 5) is 12.3. The molecule has 21 heavy (non-hydrogen) atoms. The Morgan fingerprint density at radius 2 is 1.95 bits per heavy atom. The first-order valence-electron chi connectivity index (χ1n) is 7.64. The van der Waals surface area contributed by atoms with Gasteiger partial charge in [0.2, 0.25) is 5.91 Å². The van der Waals surface area contributed by atoms with E-state index in [0.29, 0.717) is 11.8 Å². The Hall–Kier alpha value is -1.06. The molecule has 1 fully saturated rings. The summed E-state index contributed by atoms with van der Waals surface area (Å²) in [6, 6.07) is 6.42. The number of amides is 1. The van der Waals surface area contributed by atoms with E-state index < -0.39 is 0 Å². The molecule has 2 N–H and O–H groups in total. The van der Waals surface area contributed by atoms with Crippen molar-refractivity contribution in [2.45, 2.75) is 46.0 Å². The number of hydrogen-bond acceptors (Lipinski definition) is 2. The molecule has 1 aliphatic heterocycles. The quantitative estimate of drug-likeness (QED) is 0.885. The van der Waals surface area contributed by atoms with E-state index >= 15 is 0 Å². The summed E-state index contributed by atoms with van der Waals surface area (Å²) in [5, 5.41) is 6.36. The molecule has 1 atom stereocenters. The number of carbonyl (C=O) groups is 1. The van der Waals surface area contributed by atoms with E-state index in [1.54, 1.807) is 0 Å². The van der Waals surface area contributed by atoms with Crippen molar-refractivity contribution in [1.82, 2.24) is 5.32 Å². The fraction of sp³-hybridized carbons (Fsp3) is 0.588. The second kappa shape index (κ2) is 7.81. The van der Waals surface area contributed by atoms with E-state index in [-0.39, 0.29) is 24.2 Å². The summed E-state index contributed by atoms with van der Waals surface area (Å²) in [5.41, 5.74) is 3.53. The van der Waals surface area contributed by atoms with Crippen LogP contribution in [0.5, 0.6) is 0 Å². The number of halogens is 1. The Morgan fingerprint density at radius 1 is 1.24 bits per heavy atom. The molecule has 1 aromatic carbocycles. The van der Waals surface area contributed by atoms with Gasteiger partial charge in [0.25, 0.3) is 0 Å². The maximum absolute atomic E-state index is 12.3. The first-order chi connectivity index (χ1) is 9.49. The van der Waals surface area contributed by atoms with Crippen LogP contribution in [0.4, 0.5) is 5.69 Å². The van der Waals surface area contributed by atoms with E-state index in [1.165, 1.54) is 11.1 Å². The second-order valence-corrected chi connectivity index (χ2v) is 6.34. The zero-order chi connectivity index (χ0) is 14.7. The Kier molecular flexibility index (Phi) is 6.69. The standard InChI is InChI=1S/C17H26N2O.ClH/c1-11(2)13-5-6-16(15(9-13)12(3)4)19-17(20)14-7-8-18-10-14;/h5-6,9,11-12,14,18H,7-8,10H2,1-4H3,(H,19,20);1H. The van der Waals surface area contributed by atoms with Crippen LogP contribution in [0.2, 0.25) is 0 Å². The largest absolute Gasteiger partial charge is 0.326 e. The number of benzene rings is 1. The lowest BCUT2D eigenvalue weighted by molar-refractivity contribution is -0.119. The maximum atomic E-state index is 12.3. The van der Waals surface area contributed by atoms with E-state index in [9.17, 15) is 4.79 Å². The highest BCUT2D eigenvalue weighted by atomic mass is 35.5. The molecule has 0 saturated carbocycles. The van der Waals surface area contributed by atoms with Gasteiger partial charge in [-0.25, -0.2) is 0 Å². The first kappa shape index (κ1) is 18.0. The Morgan fingerprint density at radius 3 is 2.48 bits per heavy atom. The molecule has 1 aromatic rings. The molecule has 4 heteroatoms. The zero-order valence-corrected chi connectivity index (χ0v) is 14.2. The van der Waals surface area contributed by atoms with Crippen LogP contribution in [-0.2, 0) is 4.79 Å². The molecule has 2 rings (SSSR count). The van der Waals surface area contributed by atoms with Crippen molar-refractivity contribution in [3.8, 4) is 0 Å². The van der Waals surface area contributed by atoms with Crippen molar-refractivity contribution in [2.75, 3.05) is 18.4 Å². The predicted octanol–water partition coefficient (Wildman–Crippen LogP) is 3.90. The molecule has 0 radical (unpaired) electrons. The van der Waals surface area contributed by atoms with Crippen molar-refractivity contribution in [1.29, 1.82) is 0 Å². The van der Waals surface area contributed by atoms with Crippen LogP contribution in [0.25, 0.3) is 0 Å². The lowest BCUT2D eigenvalue weighted by atomic mass is 9.94. The average molecular weight is 311 g/mol. The molecule has 1 saturated heterocycles. The van der Waals surface area contributed by atoms with Crippen molar-refractivity contribution in [3.05, 3.63) is 29.3 Å².